The fourth-order valence-electron chi connectivity index (χ4n) is 0.817. The van der Waals surface area contributed by atoms with Crippen LogP contribution in [0.25, 0.3) is 0 Å². The Balaban J connectivity index is 4.16. The quantitative estimate of drug-likeness (QED) is 0.399. The Kier molecular flexibility index (Phi) is 4.21. The van der Waals surface area contributed by atoms with Crippen LogP contribution in [0, 0.1) is 5.92 Å². The summed E-state index contributed by atoms with van der Waals surface area (Å²) >= 11 is 4.80. The van der Waals surface area contributed by atoms with Crippen molar-refractivity contribution in [2.75, 3.05) is 0 Å². The molecule has 0 bridgehead atoms. The van der Waals surface area contributed by atoms with Crippen molar-refractivity contribution in [1.29, 1.82) is 0 Å². The molecule has 2 nitrogen and oxygen atoms in total. The topological polar surface area (TPSA) is 38.0 Å². The number of nitrogens with two attached hydrogens (primary N) is 1. The zero-order chi connectivity index (χ0) is 9.07. The lowest BCUT2D eigenvalue weighted by atomic mass is 10.0. The fourth-order valence-corrected chi connectivity index (χ4v) is 1.10. The van der Waals surface area contributed by atoms with E-state index in [-0.39, 0.29) is 5.92 Å². The third-order valence-electron chi connectivity index (χ3n) is 1.75. The first kappa shape index (κ1) is 11.1. The maximum absolute atomic E-state index is 12.4. The van der Waals surface area contributed by atoms with Crippen molar-refractivity contribution in [3.05, 3.63) is 0 Å². The Labute approximate surface area is 70.1 Å². The highest BCUT2D eigenvalue weighted by molar-refractivity contribution is 6.22. The third kappa shape index (κ3) is 3.31. The largest absolute Gasteiger partial charge is 0.338 e. The average molecular weight is 187 g/mol. The van der Waals surface area contributed by atoms with Crippen molar-refractivity contribution in [3.63, 3.8) is 0 Å². The van der Waals surface area contributed by atoms with Gasteiger partial charge in [-0.15, -0.1) is 0 Å². The molecule has 0 amide bonds. The minimum absolute atomic E-state index is 0.243. The first-order chi connectivity index (χ1) is 4.93. The summed E-state index contributed by atoms with van der Waals surface area (Å²) in [5.74, 6) is 4.68. The molecule has 0 aliphatic carbocycles. The Bertz CT molecular complexity index is 116. The van der Waals surface area contributed by atoms with Crippen molar-refractivity contribution in [1.82, 2.24) is 5.43 Å². The van der Waals surface area contributed by atoms with Gasteiger partial charge in [-0.1, -0.05) is 20.3 Å². The van der Waals surface area contributed by atoms with E-state index >= 15 is 0 Å². The minimum atomic E-state index is -3.27. The van der Waals surface area contributed by atoms with Gasteiger partial charge < -0.3 is 0 Å². The molecule has 2 atom stereocenters. The van der Waals surface area contributed by atoms with E-state index in [0.717, 1.165) is 0 Å². The number of halogens is 3. The standard InChI is InChI=1S/C6H13ClF2N2/c1-3-4(2)5(11-10)6(7,8)9/h4-5,11H,3,10H2,1-2H3. The molecule has 0 aromatic heterocycles. The molecule has 0 radical (unpaired) electrons. The third-order valence-corrected chi connectivity index (χ3v) is 1.98. The second kappa shape index (κ2) is 4.18. The van der Waals surface area contributed by atoms with Gasteiger partial charge in [-0.25, -0.2) is 5.43 Å². The molecule has 5 heteroatoms. The number of nitrogens with one attached hydrogen (secondary N) is 1. The van der Waals surface area contributed by atoms with Gasteiger partial charge >= 0.3 is 5.38 Å². The molecule has 11 heavy (non-hydrogen) atoms. The summed E-state index contributed by atoms with van der Waals surface area (Å²) in [4.78, 5) is 0. The summed E-state index contributed by atoms with van der Waals surface area (Å²) in [6.07, 6.45) is 0.608. The van der Waals surface area contributed by atoms with Crippen molar-refractivity contribution >= 4 is 11.6 Å². The van der Waals surface area contributed by atoms with E-state index in [1.807, 2.05) is 5.43 Å². The van der Waals surface area contributed by atoms with Gasteiger partial charge in [0, 0.05) is 0 Å². The van der Waals surface area contributed by atoms with E-state index in [0.29, 0.717) is 6.42 Å². The van der Waals surface area contributed by atoms with Crippen molar-refractivity contribution in [2.24, 2.45) is 11.8 Å². The average Bonchev–Trinajstić information content (AvgIpc) is 1.86. The van der Waals surface area contributed by atoms with E-state index in [4.69, 9.17) is 17.4 Å². The Morgan fingerprint density at radius 1 is 1.64 bits per heavy atom. The van der Waals surface area contributed by atoms with Crippen LogP contribution >= 0.6 is 11.6 Å². The summed E-state index contributed by atoms with van der Waals surface area (Å²) < 4.78 is 24.9. The molecule has 0 spiro atoms. The molecular weight excluding hydrogens is 174 g/mol. The smallest absolute Gasteiger partial charge is 0.271 e. The van der Waals surface area contributed by atoms with E-state index in [9.17, 15) is 8.78 Å². The minimum Gasteiger partial charge on any atom is -0.271 e. The number of hydrazine groups is 1. The molecule has 3 N–H and O–H groups in total. The van der Waals surface area contributed by atoms with E-state index in [2.05, 4.69) is 0 Å². The van der Waals surface area contributed by atoms with Gasteiger partial charge in [0.05, 0.1) is 0 Å². The van der Waals surface area contributed by atoms with Crippen molar-refractivity contribution in [3.8, 4) is 0 Å². The van der Waals surface area contributed by atoms with Gasteiger partial charge in [-0.3, -0.25) is 5.84 Å². The second-order valence-electron chi connectivity index (χ2n) is 2.57. The molecule has 68 valence electrons. The van der Waals surface area contributed by atoms with Crippen LogP contribution < -0.4 is 11.3 Å². The van der Waals surface area contributed by atoms with Gasteiger partial charge in [0.25, 0.3) is 0 Å². The fraction of sp³-hybridized carbons (Fsp3) is 1.00. The van der Waals surface area contributed by atoms with Crippen LogP contribution in [0.15, 0.2) is 0 Å². The number of alkyl halides is 3. The summed E-state index contributed by atoms with van der Waals surface area (Å²) in [5.41, 5.74) is 2.01. The molecule has 0 saturated heterocycles. The highest BCUT2D eigenvalue weighted by Gasteiger charge is 2.39. The number of hydrogen-bond acceptors (Lipinski definition) is 2. The summed E-state index contributed by atoms with van der Waals surface area (Å²) in [7, 11) is 0. The molecule has 0 heterocycles. The zero-order valence-corrected chi connectivity index (χ0v) is 7.33. The Morgan fingerprint density at radius 2 is 2.09 bits per heavy atom. The predicted octanol–water partition coefficient (Wildman–Crippen LogP) is 1.70. The normalized spacial score (nSPS) is 18.0. The van der Waals surface area contributed by atoms with E-state index in [1.54, 1.807) is 13.8 Å². The molecule has 0 fully saturated rings. The predicted molar refractivity (Wildman–Crippen MR) is 41.4 cm³/mol. The van der Waals surface area contributed by atoms with E-state index < -0.39 is 11.4 Å². The Hall–Kier alpha value is 0.0700. The monoisotopic (exact) mass is 186 g/mol. The van der Waals surface area contributed by atoms with Gasteiger partial charge in [-0.05, 0) is 17.5 Å². The number of hydrogen-bond donors (Lipinski definition) is 2. The van der Waals surface area contributed by atoms with Crippen LogP contribution in [0.2, 0.25) is 0 Å². The molecule has 0 aliphatic rings. The van der Waals surface area contributed by atoms with Crippen LogP contribution in [0.3, 0.4) is 0 Å². The van der Waals surface area contributed by atoms with Crippen LogP contribution in [0.5, 0.6) is 0 Å². The maximum atomic E-state index is 12.4. The lowest BCUT2D eigenvalue weighted by Crippen LogP contribution is -2.49. The molecule has 0 rings (SSSR count). The van der Waals surface area contributed by atoms with E-state index in [1.165, 1.54) is 0 Å². The molecule has 0 saturated carbocycles. The van der Waals surface area contributed by atoms with Crippen LogP contribution in [-0.2, 0) is 0 Å². The van der Waals surface area contributed by atoms with Crippen LogP contribution in [-0.4, -0.2) is 11.4 Å². The Morgan fingerprint density at radius 3 is 2.18 bits per heavy atom. The second-order valence-corrected chi connectivity index (χ2v) is 3.08. The molecule has 0 aromatic rings. The van der Waals surface area contributed by atoms with Crippen molar-refractivity contribution in [2.45, 2.75) is 31.7 Å². The lowest BCUT2D eigenvalue weighted by molar-refractivity contribution is 0.0273. The van der Waals surface area contributed by atoms with Gasteiger partial charge in [0.1, 0.15) is 6.04 Å². The zero-order valence-electron chi connectivity index (χ0n) is 6.57. The lowest BCUT2D eigenvalue weighted by Gasteiger charge is -2.25. The SMILES string of the molecule is CCC(C)C(NN)C(F)(F)Cl. The van der Waals surface area contributed by atoms with Gasteiger partial charge in [0.2, 0.25) is 0 Å². The van der Waals surface area contributed by atoms with Gasteiger partial charge in [-0.2, -0.15) is 8.78 Å². The molecule has 0 aromatic carbocycles. The first-order valence-corrected chi connectivity index (χ1v) is 3.84. The molecule has 2 unspecified atom stereocenters. The summed E-state index contributed by atoms with van der Waals surface area (Å²) in [6.45, 7) is 3.47. The molecular formula is C6H13ClF2N2. The maximum Gasteiger partial charge on any atom is 0.338 e. The summed E-state index contributed by atoms with van der Waals surface area (Å²) in [6, 6.07) is -1.16. The van der Waals surface area contributed by atoms with Crippen LogP contribution in [0.1, 0.15) is 20.3 Å². The molecule has 0 aliphatic heterocycles. The summed E-state index contributed by atoms with van der Waals surface area (Å²) in [5, 5.41) is -3.27. The highest BCUT2D eigenvalue weighted by Crippen LogP contribution is 2.28. The van der Waals surface area contributed by atoms with Crippen molar-refractivity contribution < 1.29 is 8.78 Å². The number of rotatable bonds is 4. The van der Waals surface area contributed by atoms with Crippen LogP contribution in [0.4, 0.5) is 8.78 Å². The van der Waals surface area contributed by atoms with Gasteiger partial charge in [0.15, 0.2) is 0 Å². The highest BCUT2D eigenvalue weighted by atomic mass is 35.5. The first-order valence-electron chi connectivity index (χ1n) is 3.46.